The fourth-order valence-corrected chi connectivity index (χ4v) is 2.34. The quantitative estimate of drug-likeness (QED) is 0.766. The van der Waals surface area contributed by atoms with Crippen LogP contribution in [0.3, 0.4) is 0 Å². The Kier molecular flexibility index (Phi) is 2.89. The Balaban J connectivity index is 2.13. The summed E-state index contributed by atoms with van der Waals surface area (Å²) in [4.78, 5) is 11.2. The maximum atomic E-state index is 11.2. The van der Waals surface area contributed by atoms with Crippen LogP contribution in [0.25, 0.3) is 0 Å². The molecule has 0 spiro atoms. The number of carbonyl (C=O) groups is 1. The van der Waals surface area contributed by atoms with E-state index in [0.717, 1.165) is 5.56 Å². The van der Waals surface area contributed by atoms with Gasteiger partial charge in [0.25, 0.3) is 0 Å². The Hall–Kier alpha value is -0.800. The molecule has 0 unspecified atom stereocenters. The van der Waals surface area contributed by atoms with E-state index in [1.807, 2.05) is 36.0 Å². The number of carbonyl (C=O) groups excluding carboxylic acids is 1. The van der Waals surface area contributed by atoms with Gasteiger partial charge in [-0.2, -0.15) is 11.8 Å². The van der Waals surface area contributed by atoms with Gasteiger partial charge in [-0.05, 0) is 5.56 Å². The molecule has 14 heavy (non-hydrogen) atoms. The third kappa shape index (κ3) is 1.83. The van der Waals surface area contributed by atoms with Gasteiger partial charge in [0.15, 0.2) is 5.78 Å². The second-order valence-corrected chi connectivity index (χ2v) is 4.56. The van der Waals surface area contributed by atoms with E-state index < -0.39 is 0 Å². The van der Waals surface area contributed by atoms with Gasteiger partial charge in [0.1, 0.15) is 0 Å². The van der Waals surface area contributed by atoms with Gasteiger partial charge in [0.2, 0.25) is 0 Å². The van der Waals surface area contributed by atoms with Crippen molar-refractivity contribution >= 4 is 17.5 Å². The second-order valence-electron chi connectivity index (χ2n) is 3.48. The van der Waals surface area contributed by atoms with Crippen molar-refractivity contribution < 1.29 is 4.79 Å². The van der Waals surface area contributed by atoms with E-state index in [1.54, 1.807) is 0 Å². The molecule has 3 heteroatoms. The Morgan fingerprint density at radius 1 is 1.36 bits per heavy atom. The minimum atomic E-state index is 0.0135. The number of nitrogens with two attached hydrogens (primary N) is 1. The summed E-state index contributed by atoms with van der Waals surface area (Å²) in [6.07, 6.45) is 0. The summed E-state index contributed by atoms with van der Waals surface area (Å²) in [6.45, 7) is 0.0959. The second kappa shape index (κ2) is 4.15. The van der Waals surface area contributed by atoms with Crippen LogP contribution < -0.4 is 5.73 Å². The molecular weight excluding hydrogens is 194 g/mol. The smallest absolute Gasteiger partial charge is 0.176 e. The van der Waals surface area contributed by atoms with Crippen molar-refractivity contribution in [1.82, 2.24) is 0 Å². The van der Waals surface area contributed by atoms with Crippen LogP contribution in [0, 0.1) is 0 Å². The lowest BCUT2D eigenvalue weighted by atomic mass is 9.99. The highest BCUT2D eigenvalue weighted by Gasteiger charge is 2.19. The van der Waals surface area contributed by atoms with Crippen LogP contribution in [0.1, 0.15) is 21.8 Å². The normalized spacial score (nSPS) is 16.4. The zero-order valence-corrected chi connectivity index (χ0v) is 8.72. The molecule has 2 N–H and O–H groups in total. The van der Waals surface area contributed by atoms with Gasteiger partial charge in [-0.25, -0.2) is 0 Å². The van der Waals surface area contributed by atoms with Crippen molar-refractivity contribution in [3.8, 4) is 0 Å². The molecule has 0 aliphatic carbocycles. The van der Waals surface area contributed by atoms with Crippen molar-refractivity contribution in [3.63, 3.8) is 0 Å². The Bertz CT molecular complexity index is 330. The van der Waals surface area contributed by atoms with Crippen LogP contribution >= 0.6 is 11.8 Å². The number of ketones is 1. The standard InChI is InChI=1S/C11H13NOS/c12-5-11(13)9-3-1-8(2-4-9)10-6-14-7-10/h1-4,10H,5-7,12H2. The molecule has 0 saturated carbocycles. The number of rotatable bonds is 3. The molecule has 2 nitrogen and oxygen atoms in total. The van der Waals surface area contributed by atoms with Gasteiger partial charge in [-0.1, -0.05) is 24.3 Å². The molecule has 1 fully saturated rings. The van der Waals surface area contributed by atoms with E-state index in [-0.39, 0.29) is 12.3 Å². The lowest BCUT2D eigenvalue weighted by molar-refractivity contribution is 0.100. The largest absolute Gasteiger partial charge is 0.324 e. The third-order valence-corrected chi connectivity index (χ3v) is 3.80. The van der Waals surface area contributed by atoms with Gasteiger partial charge < -0.3 is 5.73 Å². The summed E-state index contributed by atoms with van der Waals surface area (Å²) in [5.41, 5.74) is 7.36. The van der Waals surface area contributed by atoms with Gasteiger partial charge in [0.05, 0.1) is 6.54 Å². The fourth-order valence-electron chi connectivity index (χ4n) is 1.49. The van der Waals surface area contributed by atoms with Crippen molar-refractivity contribution in [2.24, 2.45) is 5.73 Å². The Labute approximate surface area is 87.9 Å². The fraction of sp³-hybridized carbons (Fsp3) is 0.364. The number of Topliss-reactive ketones (excluding diaryl/α,β-unsaturated/α-hetero) is 1. The first-order chi connectivity index (χ1) is 6.81. The third-order valence-electron chi connectivity index (χ3n) is 2.53. The predicted octanol–water partition coefficient (Wildman–Crippen LogP) is 1.66. The minimum Gasteiger partial charge on any atom is -0.324 e. The zero-order valence-electron chi connectivity index (χ0n) is 7.90. The highest BCUT2D eigenvalue weighted by atomic mass is 32.2. The van der Waals surface area contributed by atoms with Crippen LogP contribution in [0.2, 0.25) is 0 Å². The van der Waals surface area contributed by atoms with E-state index in [4.69, 9.17) is 5.73 Å². The monoisotopic (exact) mass is 207 g/mol. The molecule has 1 aliphatic rings. The van der Waals surface area contributed by atoms with Crippen LogP contribution in [-0.2, 0) is 0 Å². The Morgan fingerprint density at radius 3 is 2.43 bits per heavy atom. The van der Waals surface area contributed by atoms with Gasteiger partial charge in [-0.15, -0.1) is 0 Å². The first kappa shape index (κ1) is 9.74. The summed E-state index contributed by atoms with van der Waals surface area (Å²) in [7, 11) is 0. The molecule has 0 bridgehead atoms. The maximum absolute atomic E-state index is 11.2. The first-order valence-electron chi connectivity index (χ1n) is 4.72. The molecule has 1 saturated heterocycles. The lowest BCUT2D eigenvalue weighted by Gasteiger charge is -2.25. The molecule has 0 aromatic heterocycles. The highest BCUT2D eigenvalue weighted by Crippen LogP contribution is 2.33. The molecule has 1 heterocycles. The van der Waals surface area contributed by atoms with E-state index in [2.05, 4.69) is 0 Å². The molecule has 0 radical (unpaired) electrons. The first-order valence-corrected chi connectivity index (χ1v) is 5.87. The van der Waals surface area contributed by atoms with E-state index in [0.29, 0.717) is 5.92 Å². The summed E-state index contributed by atoms with van der Waals surface area (Å²) in [6, 6.07) is 7.86. The van der Waals surface area contributed by atoms with Gasteiger partial charge in [-0.3, -0.25) is 4.79 Å². The van der Waals surface area contributed by atoms with Crippen LogP contribution in [0.15, 0.2) is 24.3 Å². The molecule has 1 aliphatic heterocycles. The van der Waals surface area contributed by atoms with Gasteiger partial charge in [0, 0.05) is 23.0 Å². The molecule has 2 rings (SSSR count). The minimum absolute atomic E-state index is 0.0135. The summed E-state index contributed by atoms with van der Waals surface area (Å²) in [5, 5.41) is 0. The average molecular weight is 207 g/mol. The predicted molar refractivity (Wildman–Crippen MR) is 59.9 cm³/mol. The topological polar surface area (TPSA) is 43.1 Å². The van der Waals surface area contributed by atoms with Crippen LogP contribution in [-0.4, -0.2) is 23.8 Å². The average Bonchev–Trinajstić information content (AvgIpc) is 2.15. The van der Waals surface area contributed by atoms with Crippen molar-refractivity contribution in [3.05, 3.63) is 35.4 Å². The number of hydrogen-bond acceptors (Lipinski definition) is 3. The maximum Gasteiger partial charge on any atom is 0.176 e. The van der Waals surface area contributed by atoms with Gasteiger partial charge >= 0.3 is 0 Å². The number of hydrogen-bond donors (Lipinski definition) is 1. The van der Waals surface area contributed by atoms with E-state index in [1.165, 1.54) is 17.1 Å². The highest BCUT2D eigenvalue weighted by molar-refractivity contribution is 8.00. The van der Waals surface area contributed by atoms with Crippen molar-refractivity contribution in [1.29, 1.82) is 0 Å². The SMILES string of the molecule is NCC(=O)c1ccc(C2CSC2)cc1. The van der Waals surface area contributed by atoms with Crippen molar-refractivity contribution in [2.45, 2.75) is 5.92 Å². The molecule has 74 valence electrons. The number of benzene rings is 1. The lowest BCUT2D eigenvalue weighted by Crippen LogP contribution is -2.16. The summed E-state index contributed by atoms with van der Waals surface area (Å²) < 4.78 is 0. The van der Waals surface area contributed by atoms with Crippen LogP contribution in [0.5, 0.6) is 0 Å². The van der Waals surface area contributed by atoms with E-state index >= 15 is 0 Å². The molecule has 0 amide bonds. The Morgan fingerprint density at radius 2 is 2.00 bits per heavy atom. The van der Waals surface area contributed by atoms with E-state index in [9.17, 15) is 4.79 Å². The molecule has 1 aromatic rings. The number of thioether (sulfide) groups is 1. The summed E-state index contributed by atoms with van der Waals surface area (Å²) >= 11 is 1.97. The zero-order chi connectivity index (χ0) is 9.97. The van der Waals surface area contributed by atoms with Crippen LogP contribution in [0.4, 0.5) is 0 Å². The molecule has 1 aromatic carbocycles. The molecule has 0 atom stereocenters. The molecular formula is C11H13NOS. The van der Waals surface area contributed by atoms with Crippen molar-refractivity contribution in [2.75, 3.05) is 18.1 Å². The summed E-state index contributed by atoms with van der Waals surface area (Å²) in [5.74, 6) is 3.13.